The van der Waals surface area contributed by atoms with E-state index in [0.717, 1.165) is 23.1 Å². The topological polar surface area (TPSA) is 71.7 Å². The van der Waals surface area contributed by atoms with E-state index in [0.29, 0.717) is 15.8 Å². The Morgan fingerprint density at radius 2 is 2.00 bits per heavy atom. The Bertz CT molecular complexity index is 893. The maximum Gasteiger partial charge on any atom is 0.286 e. The fraction of sp³-hybridized carbons (Fsp3) is 0.167. The summed E-state index contributed by atoms with van der Waals surface area (Å²) in [7, 11) is 0. The molecule has 0 saturated heterocycles. The Morgan fingerprint density at radius 1 is 1.21 bits per heavy atom. The van der Waals surface area contributed by atoms with Gasteiger partial charge < -0.3 is 9.73 Å². The predicted octanol–water partition coefficient (Wildman–Crippen LogP) is 3.67. The molecular weight excluding hydrogens is 324 g/mol. The summed E-state index contributed by atoms with van der Waals surface area (Å²) < 4.78 is 5.81. The highest BCUT2D eigenvalue weighted by Gasteiger charge is 2.23. The molecule has 6 heteroatoms. The van der Waals surface area contributed by atoms with E-state index in [9.17, 15) is 9.59 Å². The molecule has 1 N–H and O–H groups in total. The molecule has 0 radical (unpaired) electrons. The standard InChI is InChI=1S/C18H16N2O3S/c1-10-4-5-13(8-11(10)2)15-7-6-14(23-15)9-16-17(22)20-18(24-16)19-12(3)21/h4-9H,1-3H3,(H,19,20,21,22)/b16-9-. The van der Waals surface area contributed by atoms with Crippen molar-refractivity contribution in [3.8, 4) is 11.3 Å². The van der Waals surface area contributed by atoms with Crippen LogP contribution in [-0.4, -0.2) is 17.0 Å². The number of rotatable bonds is 2. The number of amides is 2. The molecule has 0 atom stereocenters. The fourth-order valence-electron chi connectivity index (χ4n) is 2.22. The molecule has 1 aromatic heterocycles. The summed E-state index contributed by atoms with van der Waals surface area (Å²) in [5, 5.41) is 2.80. The molecule has 0 fully saturated rings. The number of nitrogens with zero attached hydrogens (tertiary/aromatic N) is 1. The molecule has 0 aliphatic carbocycles. The van der Waals surface area contributed by atoms with Crippen molar-refractivity contribution in [1.29, 1.82) is 0 Å². The molecular formula is C18H16N2O3S. The van der Waals surface area contributed by atoms with Crippen LogP contribution >= 0.6 is 11.8 Å². The van der Waals surface area contributed by atoms with Gasteiger partial charge in [-0.25, -0.2) is 0 Å². The number of aryl methyl sites for hydroxylation is 2. The van der Waals surface area contributed by atoms with Crippen molar-refractivity contribution >= 4 is 34.8 Å². The Hall–Kier alpha value is -2.60. The zero-order chi connectivity index (χ0) is 17.3. The van der Waals surface area contributed by atoms with Gasteiger partial charge in [0, 0.05) is 18.6 Å². The van der Waals surface area contributed by atoms with Crippen LogP contribution in [0.25, 0.3) is 17.4 Å². The molecule has 1 aliphatic rings. The molecule has 122 valence electrons. The second-order valence-corrected chi connectivity index (χ2v) is 6.55. The lowest BCUT2D eigenvalue weighted by Crippen LogP contribution is -2.23. The van der Waals surface area contributed by atoms with Crippen molar-refractivity contribution < 1.29 is 14.0 Å². The van der Waals surface area contributed by atoms with Crippen molar-refractivity contribution in [1.82, 2.24) is 5.32 Å². The molecule has 24 heavy (non-hydrogen) atoms. The molecule has 2 amide bonds. The number of hydrogen-bond donors (Lipinski definition) is 1. The lowest BCUT2D eigenvalue weighted by molar-refractivity contribution is -0.117. The smallest absolute Gasteiger partial charge is 0.286 e. The van der Waals surface area contributed by atoms with Gasteiger partial charge in [0.05, 0.1) is 4.91 Å². The SMILES string of the molecule is CC(=O)NC1=NC(=O)/C(=C/c2ccc(-c3ccc(C)c(C)c3)o2)S1. The van der Waals surface area contributed by atoms with Crippen LogP contribution in [0, 0.1) is 13.8 Å². The summed E-state index contributed by atoms with van der Waals surface area (Å²) in [6.45, 7) is 5.49. The molecule has 0 unspecified atom stereocenters. The average molecular weight is 340 g/mol. The summed E-state index contributed by atoms with van der Waals surface area (Å²) in [5.41, 5.74) is 3.41. The van der Waals surface area contributed by atoms with Gasteiger partial charge in [-0.3, -0.25) is 9.59 Å². The summed E-state index contributed by atoms with van der Waals surface area (Å²) in [6, 6.07) is 9.80. The monoisotopic (exact) mass is 340 g/mol. The molecule has 2 aromatic rings. The van der Waals surface area contributed by atoms with E-state index in [-0.39, 0.29) is 11.8 Å². The molecule has 0 bridgehead atoms. The largest absolute Gasteiger partial charge is 0.457 e. The first-order chi connectivity index (χ1) is 11.4. The number of thioether (sulfide) groups is 1. The molecule has 1 aromatic carbocycles. The van der Waals surface area contributed by atoms with E-state index in [1.807, 2.05) is 18.2 Å². The Balaban J connectivity index is 1.80. The van der Waals surface area contributed by atoms with Gasteiger partial charge in [0.1, 0.15) is 11.5 Å². The van der Waals surface area contributed by atoms with E-state index in [4.69, 9.17) is 4.42 Å². The minimum atomic E-state index is -0.382. The van der Waals surface area contributed by atoms with Gasteiger partial charge >= 0.3 is 0 Å². The quantitative estimate of drug-likeness (QED) is 0.847. The Kier molecular flexibility index (Phi) is 4.40. The summed E-state index contributed by atoms with van der Waals surface area (Å²) in [5.74, 6) is 0.667. The zero-order valence-corrected chi connectivity index (χ0v) is 14.4. The van der Waals surface area contributed by atoms with Crippen LogP contribution in [0.1, 0.15) is 23.8 Å². The zero-order valence-electron chi connectivity index (χ0n) is 13.5. The Labute approximate surface area is 143 Å². The molecule has 1 aliphatic heterocycles. The lowest BCUT2D eigenvalue weighted by atomic mass is 10.1. The van der Waals surface area contributed by atoms with E-state index >= 15 is 0 Å². The molecule has 2 heterocycles. The van der Waals surface area contributed by atoms with Crippen LogP contribution < -0.4 is 5.32 Å². The number of nitrogens with one attached hydrogen (secondary N) is 1. The van der Waals surface area contributed by atoms with Crippen molar-refractivity contribution in [3.05, 3.63) is 52.1 Å². The maximum absolute atomic E-state index is 11.9. The van der Waals surface area contributed by atoms with Gasteiger partial charge in [-0.15, -0.1) is 0 Å². The van der Waals surface area contributed by atoms with E-state index in [1.54, 1.807) is 6.08 Å². The van der Waals surface area contributed by atoms with E-state index in [1.165, 1.54) is 18.1 Å². The third kappa shape index (κ3) is 3.49. The normalized spacial score (nSPS) is 15.7. The van der Waals surface area contributed by atoms with Crippen molar-refractivity contribution in [2.75, 3.05) is 0 Å². The van der Waals surface area contributed by atoms with Gasteiger partial charge in [-0.05, 0) is 54.9 Å². The maximum atomic E-state index is 11.9. The summed E-state index contributed by atoms with van der Waals surface area (Å²) >= 11 is 1.12. The first kappa shape index (κ1) is 16.3. The van der Waals surface area contributed by atoms with Gasteiger partial charge in [0.2, 0.25) is 5.91 Å². The van der Waals surface area contributed by atoms with Gasteiger partial charge in [-0.1, -0.05) is 12.1 Å². The third-order valence-corrected chi connectivity index (χ3v) is 4.49. The third-order valence-electron chi connectivity index (χ3n) is 3.60. The van der Waals surface area contributed by atoms with Gasteiger partial charge in [0.25, 0.3) is 5.91 Å². The van der Waals surface area contributed by atoms with Crippen molar-refractivity contribution in [3.63, 3.8) is 0 Å². The highest BCUT2D eigenvalue weighted by Crippen LogP contribution is 2.30. The number of hydrogen-bond acceptors (Lipinski definition) is 4. The minimum Gasteiger partial charge on any atom is -0.457 e. The van der Waals surface area contributed by atoms with Crippen LogP contribution in [0.5, 0.6) is 0 Å². The molecule has 5 nitrogen and oxygen atoms in total. The minimum absolute atomic E-state index is 0.259. The molecule has 3 rings (SSSR count). The average Bonchev–Trinajstić information content (AvgIpc) is 3.09. The summed E-state index contributed by atoms with van der Waals surface area (Å²) in [4.78, 5) is 27.1. The molecule has 0 saturated carbocycles. The van der Waals surface area contributed by atoms with Gasteiger partial charge in [-0.2, -0.15) is 4.99 Å². The number of carbonyl (C=O) groups excluding carboxylic acids is 2. The van der Waals surface area contributed by atoms with Crippen LogP contribution in [0.2, 0.25) is 0 Å². The number of aliphatic imine (C=N–C) groups is 1. The van der Waals surface area contributed by atoms with Crippen LogP contribution in [0.15, 0.2) is 44.6 Å². The van der Waals surface area contributed by atoms with Crippen molar-refractivity contribution in [2.24, 2.45) is 4.99 Å². The molecule has 0 spiro atoms. The second-order valence-electron chi connectivity index (χ2n) is 5.51. The van der Waals surface area contributed by atoms with Crippen molar-refractivity contribution in [2.45, 2.75) is 20.8 Å². The highest BCUT2D eigenvalue weighted by molar-refractivity contribution is 8.18. The number of amidine groups is 1. The number of furan rings is 1. The van der Waals surface area contributed by atoms with Crippen LogP contribution in [-0.2, 0) is 9.59 Å². The highest BCUT2D eigenvalue weighted by atomic mass is 32.2. The Morgan fingerprint density at radius 3 is 2.71 bits per heavy atom. The number of benzene rings is 1. The predicted molar refractivity (Wildman–Crippen MR) is 95.4 cm³/mol. The first-order valence-electron chi connectivity index (χ1n) is 7.40. The van der Waals surface area contributed by atoms with Crippen LogP contribution in [0.3, 0.4) is 0 Å². The summed E-state index contributed by atoms with van der Waals surface area (Å²) in [6.07, 6.45) is 1.63. The fourth-order valence-corrected chi connectivity index (χ4v) is 3.06. The second kappa shape index (κ2) is 6.49. The first-order valence-corrected chi connectivity index (χ1v) is 8.21. The number of carbonyl (C=O) groups is 2. The van der Waals surface area contributed by atoms with Crippen LogP contribution in [0.4, 0.5) is 0 Å². The van der Waals surface area contributed by atoms with Gasteiger partial charge in [0.15, 0.2) is 5.17 Å². The van der Waals surface area contributed by atoms with E-state index in [2.05, 4.69) is 36.3 Å². The van der Waals surface area contributed by atoms with E-state index < -0.39 is 0 Å². The lowest BCUT2D eigenvalue weighted by Gasteiger charge is -2.02.